The Bertz CT molecular complexity index is 406. The molecule has 0 saturated carbocycles. The molecule has 0 aliphatic heterocycles. The van der Waals surface area contributed by atoms with Crippen molar-refractivity contribution >= 4 is 5.69 Å². The van der Waals surface area contributed by atoms with Gasteiger partial charge in [0.2, 0.25) is 0 Å². The number of nitrogens with one attached hydrogen (secondary N) is 1. The largest absolute Gasteiger partial charge is 0.371 e. The molecule has 1 aromatic carbocycles. The highest BCUT2D eigenvalue weighted by Crippen LogP contribution is 2.23. The molecule has 0 spiro atoms. The third-order valence-electron chi connectivity index (χ3n) is 3.19. The van der Waals surface area contributed by atoms with Crippen molar-refractivity contribution in [2.24, 2.45) is 0 Å². The van der Waals surface area contributed by atoms with Crippen LogP contribution in [0.2, 0.25) is 0 Å². The normalized spacial score (nSPS) is 11.9. The number of benzene rings is 1. The van der Waals surface area contributed by atoms with Crippen LogP contribution >= 0.6 is 0 Å². The Balaban J connectivity index is 3.05. The summed E-state index contributed by atoms with van der Waals surface area (Å²) in [5.41, 5.74) is 2.91. The van der Waals surface area contributed by atoms with E-state index in [-0.39, 0.29) is 0 Å². The maximum Gasteiger partial charge on any atom is 0.101 e. The molecule has 1 aromatic rings. The summed E-state index contributed by atoms with van der Waals surface area (Å²) in [4.78, 5) is 2.17. The van der Waals surface area contributed by atoms with E-state index < -0.39 is 0 Å². The summed E-state index contributed by atoms with van der Waals surface area (Å²) >= 11 is 0. The van der Waals surface area contributed by atoms with Crippen LogP contribution < -0.4 is 10.2 Å². The summed E-state index contributed by atoms with van der Waals surface area (Å²) in [5.74, 6) is 0. The molecule has 0 fully saturated rings. The van der Waals surface area contributed by atoms with Gasteiger partial charge in [0.1, 0.15) is 6.07 Å². The van der Waals surface area contributed by atoms with E-state index in [9.17, 15) is 5.26 Å². The van der Waals surface area contributed by atoms with Crippen LogP contribution in [0.3, 0.4) is 0 Å². The molecule has 1 unspecified atom stereocenters. The SMILES string of the molecule is CCC(C)N(C)c1ccc(CNC)cc1C#N. The molecule has 0 bridgehead atoms. The summed E-state index contributed by atoms with van der Waals surface area (Å²) in [5, 5.41) is 12.3. The van der Waals surface area contributed by atoms with Crippen molar-refractivity contribution in [1.82, 2.24) is 5.32 Å². The molecule has 0 aliphatic carbocycles. The molecule has 0 radical (unpaired) electrons. The predicted octanol–water partition coefficient (Wildman–Crippen LogP) is 2.51. The zero-order valence-corrected chi connectivity index (χ0v) is 11.1. The van der Waals surface area contributed by atoms with Crippen LogP contribution in [0.25, 0.3) is 0 Å². The first-order valence-corrected chi connectivity index (χ1v) is 6.04. The monoisotopic (exact) mass is 231 g/mol. The molecular weight excluding hydrogens is 210 g/mol. The Morgan fingerprint density at radius 1 is 1.47 bits per heavy atom. The zero-order valence-electron chi connectivity index (χ0n) is 11.1. The van der Waals surface area contributed by atoms with Crippen LogP contribution in [0.4, 0.5) is 5.69 Å². The molecule has 17 heavy (non-hydrogen) atoms. The van der Waals surface area contributed by atoms with E-state index in [0.717, 1.165) is 29.8 Å². The molecule has 0 aromatic heterocycles. The van der Waals surface area contributed by atoms with Gasteiger partial charge in [-0.3, -0.25) is 0 Å². The molecule has 0 amide bonds. The number of hydrogen-bond donors (Lipinski definition) is 1. The minimum atomic E-state index is 0.442. The number of hydrogen-bond acceptors (Lipinski definition) is 3. The zero-order chi connectivity index (χ0) is 12.8. The third kappa shape index (κ3) is 3.21. The highest BCUT2D eigenvalue weighted by molar-refractivity contribution is 5.60. The summed E-state index contributed by atoms with van der Waals surface area (Å²) in [6, 6.07) is 8.80. The van der Waals surface area contributed by atoms with Crippen molar-refractivity contribution in [3.63, 3.8) is 0 Å². The average Bonchev–Trinajstić information content (AvgIpc) is 2.37. The first-order valence-electron chi connectivity index (χ1n) is 6.04. The lowest BCUT2D eigenvalue weighted by molar-refractivity contribution is 0.663. The van der Waals surface area contributed by atoms with E-state index >= 15 is 0 Å². The maximum absolute atomic E-state index is 9.22. The lowest BCUT2D eigenvalue weighted by atomic mass is 10.1. The van der Waals surface area contributed by atoms with Crippen LogP contribution in [0, 0.1) is 11.3 Å². The van der Waals surface area contributed by atoms with Crippen LogP contribution in [0.5, 0.6) is 0 Å². The van der Waals surface area contributed by atoms with E-state index in [4.69, 9.17) is 0 Å². The quantitative estimate of drug-likeness (QED) is 0.846. The Hall–Kier alpha value is -1.53. The Morgan fingerprint density at radius 3 is 2.71 bits per heavy atom. The standard InChI is InChI=1S/C14H21N3/c1-5-11(2)17(4)14-7-6-12(10-16-3)8-13(14)9-15/h6-8,11,16H,5,10H2,1-4H3. The van der Waals surface area contributed by atoms with Gasteiger partial charge in [0.05, 0.1) is 11.3 Å². The fraction of sp³-hybridized carbons (Fsp3) is 0.500. The van der Waals surface area contributed by atoms with E-state index in [0.29, 0.717) is 6.04 Å². The van der Waals surface area contributed by atoms with Gasteiger partial charge in [-0.15, -0.1) is 0 Å². The van der Waals surface area contributed by atoms with Gasteiger partial charge in [-0.25, -0.2) is 0 Å². The predicted molar refractivity (Wildman–Crippen MR) is 72.1 cm³/mol. The maximum atomic E-state index is 9.22. The number of rotatable bonds is 5. The number of anilines is 1. The third-order valence-corrected chi connectivity index (χ3v) is 3.19. The molecule has 0 aliphatic rings. The van der Waals surface area contributed by atoms with E-state index in [1.165, 1.54) is 0 Å². The van der Waals surface area contributed by atoms with Gasteiger partial charge in [0.15, 0.2) is 0 Å². The van der Waals surface area contributed by atoms with Gasteiger partial charge in [-0.2, -0.15) is 5.26 Å². The molecule has 0 heterocycles. The molecule has 1 atom stereocenters. The lowest BCUT2D eigenvalue weighted by Crippen LogP contribution is -2.28. The molecule has 1 N–H and O–H groups in total. The summed E-state index contributed by atoms with van der Waals surface area (Å²) in [6.45, 7) is 5.12. The summed E-state index contributed by atoms with van der Waals surface area (Å²) in [7, 11) is 3.95. The Morgan fingerprint density at radius 2 is 2.18 bits per heavy atom. The van der Waals surface area contributed by atoms with Crippen LogP contribution in [-0.2, 0) is 6.54 Å². The van der Waals surface area contributed by atoms with Gasteiger partial charge < -0.3 is 10.2 Å². The van der Waals surface area contributed by atoms with E-state index in [1.54, 1.807) is 0 Å². The second-order valence-electron chi connectivity index (χ2n) is 4.36. The van der Waals surface area contributed by atoms with Crippen LogP contribution in [-0.4, -0.2) is 20.1 Å². The molecule has 92 valence electrons. The van der Waals surface area contributed by atoms with Gasteiger partial charge in [-0.05, 0) is 38.1 Å². The fourth-order valence-corrected chi connectivity index (χ4v) is 1.81. The first-order chi connectivity index (χ1) is 8.13. The van der Waals surface area contributed by atoms with Gasteiger partial charge in [0, 0.05) is 19.6 Å². The smallest absolute Gasteiger partial charge is 0.101 e. The Labute approximate surface area is 104 Å². The van der Waals surface area contributed by atoms with Crippen molar-refractivity contribution in [2.75, 3.05) is 19.0 Å². The molecule has 3 heteroatoms. The Kier molecular flexibility index (Phi) is 4.99. The summed E-state index contributed by atoms with van der Waals surface area (Å²) in [6.07, 6.45) is 1.07. The van der Waals surface area contributed by atoms with Gasteiger partial charge in [0.25, 0.3) is 0 Å². The van der Waals surface area contributed by atoms with E-state index in [1.807, 2.05) is 26.2 Å². The van der Waals surface area contributed by atoms with Crippen molar-refractivity contribution in [1.29, 1.82) is 5.26 Å². The fourth-order valence-electron chi connectivity index (χ4n) is 1.81. The topological polar surface area (TPSA) is 39.1 Å². The van der Waals surface area contributed by atoms with Crippen molar-refractivity contribution < 1.29 is 0 Å². The second kappa shape index (κ2) is 6.27. The van der Waals surface area contributed by atoms with Crippen molar-refractivity contribution in [2.45, 2.75) is 32.9 Å². The molecule has 1 rings (SSSR count). The van der Waals surface area contributed by atoms with Crippen LogP contribution in [0.1, 0.15) is 31.4 Å². The first kappa shape index (κ1) is 13.5. The number of nitrogens with zero attached hydrogens (tertiary/aromatic N) is 2. The molecule has 3 nitrogen and oxygen atoms in total. The second-order valence-corrected chi connectivity index (χ2v) is 4.36. The van der Waals surface area contributed by atoms with Crippen molar-refractivity contribution in [3.05, 3.63) is 29.3 Å². The minimum absolute atomic E-state index is 0.442. The molecular formula is C14H21N3. The lowest BCUT2D eigenvalue weighted by Gasteiger charge is -2.27. The number of nitriles is 1. The van der Waals surface area contributed by atoms with Gasteiger partial charge in [-0.1, -0.05) is 13.0 Å². The minimum Gasteiger partial charge on any atom is -0.371 e. The van der Waals surface area contributed by atoms with E-state index in [2.05, 4.69) is 36.2 Å². The highest BCUT2D eigenvalue weighted by atomic mass is 15.1. The van der Waals surface area contributed by atoms with Crippen molar-refractivity contribution in [3.8, 4) is 6.07 Å². The van der Waals surface area contributed by atoms with Gasteiger partial charge >= 0.3 is 0 Å². The summed E-state index contributed by atoms with van der Waals surface area (Å²) < 4.78 is 0. The van der Waals surface area contributed by atoms with Crippen LogP contribution in [0.15, 0.2) is 18.2 Å². The molecule has 0 saturated heterocycles. The average molecular weight is 231 g/mol. The highest BCUT2D eigenvalue weighted by Gasteiger charge is 2.12.